The van der Waals surface area contributed by atoms with Crippen molar-refractivity contribution < 1.29 is 13.2 Å². The lowest BCUT2D eigenvalue weighted by Gasteiger charge is -2.34. The van der Waals surface area contributed by atoms with Crippen molar-refractivity contribution in [1.82, 2.24) is 9.62 Å². The van der Waals surface area contributed by atoms with Crippen LogP contribution in [0.2, 0.25) is 0 Å². The van der Waals surface area contributed by atoms with E-state index in [2.05, 4.69) is 9.62 Å². The predicted octanol–water partition coefficient (Wildman–Crippen LogP) is 2.27. The molecule has 0 aromatic carbocycles. The van der Waals surface area contributed by atoms with E-state index < -0.39 is 10.0 Å². The van der Waals surface area contributed by atoms with E-state index in [9.17, 15) is 8.42 Å². The van der Waals surface area contributed by atoms with E-state index in [1.165, 1.54) is 38.5 Å². The molecule has 6 heteroatoms. The minimum atomic E-state index is -3.19. The van der Waals surface area contributed by atoms with Crippen LogP contribution in [0.4, 0.5) is 0 Å². The molecule has 1 spiro atoms. The van der Waals surface area contributed by atoms with E-state index >= 15 is 0 Å². The molecule has 3 fully saturated rings. The maximum absolute atomic E-state index is 12.3. The highest BCUT2D eigenvalue weighted by molar-refractivity contribution is 7.90. The molecule has 1 aliphatic carbocycles. The summed E-state index contributed by atoms with van der Waals surface area (Å²) in [4.78, 5) is 2.29. The smallest absolute Gasteiger partial charge is 0.216 e. The molecule has 1 saturated carbocycles. The molecule has 0 amide bonds. The highest BCUT2D eigenvalue weighted by Crippen LogP contribution is 2.42. The van der Waals surface area contributed by atoms with Gasteiger partial charge in [0.05, 0.1) is 17.0 Å². The summed E-state index contributed by atoms with van der Waals surface area (Å²) in [6.45, 7) is 6.17. The molecule has 2 aliphatic heterocycles. The molecule has 3 aliphatic rings. The van der Waals surface area contributed by atoms with E-state index in [-0.39, 0.29) is 16.9 Å². The number of hydrogen-bond donors (Lipinski definition) is 1. The fourth-order valence-corrected chi connectivity index (χ4v) is 6.19. The van der Waals surface area contributed by atoms with Crippen molar-refractivity contribution in [2.24, 2.45) is 0 Å². The summed E-state index contributed by atoms with van der Waals surface area (Å²) in [6.07, 6.45) is 9.77. The zero-order valence-corrected chi connectivity index (χ0v) is 15.4. The number of hydrogen-bond acceptors (Lipinski definition) is 4. The lowest BCUT2D eigenvalue weighted by atomic mass is 9.83. The van der Waals surface area contributed by atoms with Crippen molar-refractivity contribution in [3.8, 4) is 0 Å². The lowest BCUT2D eigenvalue weighted by molar-refractivity contribution is -0.0703. The summed E-state index contributed by atoms with van der Waals surface area (Å²) >= 11 is 0. The largest absolute Gasteiger partial charge is 0.370 e. The Morgan fingerprint density at radius 2 is 1.91 bits per heavy atom. The highest BCUT2D eigenvalue weighted by atomic mass is 32.2. The first-order valence-corrected chi connectivity index (χ1v) is 10.8. The quantitative estimate of drug-likeness (QED) is 0.831. The third-order valence-corrected chi connectivity index (χ3v) is 7.70. The van der Waals surface area contributed by atoms with Gasteiger partial charge in [0.2, 0.25) is 10.0 Å². The van der Waals surface area contributed by atoms with Gasteiger partial charge >= 0.3 is 0 Å². The molecular weight excluding hydrogens is 312 g/mol. The fourth-order valence-electron chi connectivity index (χ4n) is 4.52. The van der Waals surface area contributed by atoms with Gasteiger partial charge < -0.3 is 4.74 Å². The van der Waals surface area contributed by atoms with Gasteiger partial charge in [-0.05, 0) is 52.5 Å². The summed E-state index contributed by atoms with van der Waals surface area (Å²) in [5.41, 5.74) is 0.160. The molecule has 0 bridgehead atoms. The van der Waals surface area contributed by atoms with E-state index in [1.54, 1.807) is 0 Å². The lowest BCUT2D eigenvalue weighted by Crippen LogP contribution is -2.41. The van der Waals surface area contributed by atoms with Crippen molar-refractivity contribution in [3.05, 3.63) is 0 Å². The monoisotopic (exact) mass is 344 g/mol. The summed E-state index contributed by atoms with van der Waals surface area (Å²) < 4.78 is 33.8. The Kier molecular flexibility index (Phi) is 5.36. The zero-order valence-electron chi connectivity index (χ0n) is 14.6. The SMILES string of the molecule is CC(C)NS(=O)(=O)[C@H]1CCN(C[C@H]2CCC3(CCCCC3)O2)C1. The predicted molar refractivity (Wildman–Crippen MR) is 92.0 cm³/mol. The first-order chi connectivity index (χ1) is 10.9. The first-order valence-electron chi connectivity index (χ1n) is 9.30. The van der Waals surface area contributed by atoms with Crippen LogP contribution in [0, 0.1) is 0 Å². The third-order valence-electron chi connectivity index (χ3n) is 5.63. The molecule has 5 nitrogen and oxygen atoms in total. The van der Waals surface area contributed by atoms with Gasteiger partial charge in [0.25, 0.3) is 0 Å². The Hall–Kier alpha value is -0.170. The van der Waals surface area contributed by atoms with Gasteiger partial charge in [-0.2, -0.15) is 0 Å². The molecular formula is C17H32N2O3S. The molecule has 0 aromatic heterocycles. The molecule has 134 valence electrons. The minimum Gasteiger partial charge on any atom is -0.370 e. The van der Waals surface area contributed by atoms with Gasteiger partial charge in [0, 0.05) is 19.1 Å². The fraction of sp³-hybridized carbons (Fsp3) is 1.00. The molecule has 0 unspecified atom stereocenters. The second-order valence-corrected chi connectivity index (χ2v) is 10.0. The Morgan fingerprint density at radius 1 is 1.17 bits per heavy atom. The van der Waals surface area contributed by atoms with Crippen LogP contribution in [-0.4, -0.2) is 55.9 Å². The molecule has 2 heterocycles. The Morgan fingerprint density at radius 3 is 2.61 bits per heavy atom. The minimum absolute atomic E-state index is 0.0293. The molecule has 2 atom stereocenters. The van der Waals surface area contributed by atoms with E-state index in [0.29, 0.717) is 12.6 Å². The molecule has 0 aromatic rings. The molecule has 23 heavy (non-hydrogen) atoms. The second kappa shape index (κ2) is 6.98. The summed E-state index contributed by atoms with van der Waals surface area (Å²) in [5, 5.41) is -0.269. The molecule has 0 radical (unpaired) electrons. The third kappa shape index (κ3) is 4.27. The van der Waals surface area contributed by atoms with Crippen molar-refractivity contribution in [2.75, 3.05) is 19.6 Å². The van der Waals surface area contributed by atoms with E-state index in [0.717, 1.165) is 25.9 Å². The average molecular weight is 345 g/mol. The molecule has 3 rings (SSSR count). The van der Waals surface area contributed by atoms with E-state index in [1.807, 2.05) is 13.8 Å². The zero-order chi connectivity index (χ0) is 16.5. The van der Waals surface area contributed by atoms with Crippen molar-refractivity contribution in [3.63, 3.8) is 0 Å². The number of sulfonamides is 1. The van der Waals surface area contributed by atoms with Gasteiger partial charge in [0.15, 0.2) is 0 Å². The van der Waals surface area contributed by atoms with Crippen LogP contribution in [0.5, 0.6) is 0 Å². The topological polar surface area (TPSA) is 58.6 Å². The van der Waals surface area contributed by atoms with Crippen LogP contribution >= 0.6 is 0 Å². The Bertz CT molecular complexity index is 500. The van der Waals surface area contributed by atoms with E-state index in [4.69, 9.17) is 4.74 Å². The van der Waals surface area contributed by atoms with Crippen LogP contribution in [-0.2, 0) is 14.8 Å². The average Bonchev–Trinajstić information content (AvgIpc) is 3.07. The maximum Gasteiger partial charge on any atom is 0.216 e. The van der Waals surface area contributed by atoms with Gasteiger partial charge in [0.1, 0.15) is 0 Å². The van der Waals surface area contributed by atoms with Crippen LogP contribution in [0.3, 0.4) is 0 Å². The van der Waals surface area contributed by atoms with Crippen molar-refractivity contribution in [2.45, 2.75) is 88.2 Å². The number of nitrogens with one attached hydrogen (secondary N) is 1. The van der Waals surface area contributed by atoms with Crippen LogP contribution in [0.25, 0.3) is 0 Å². The van der Waals surface area contributed by atoms with Crippen molar-refractivity contribution in [1.29, 1.82) is 0 Å². The standard InChI is InChI=1S/C17H32N2O3S/c1-14(2)18-23(20,21)16-7-11-19(13-16)12-15-6-10-17(22-15)8-4-3-5-9-17/h14-16,18H,3-13H2,1-2H3/t15-,16+/m1/s1. The number of likely N-dealkylation sites (tertiary alicyclic amines) is 1. The maximum atomic E-state index is 12.3. The summed E-state index contributed by atoms with van der Waals surface area (Å²) in [5.74, 6) is 0. The van der Waals surface area contributed by atoms with Crippen LogP contribution in [0.15, 0.2) is 0 Å². The highest BCUT2D eigenvalue weighted by Gasteiger charge is 2.42. The van der Waals surface area contributed by atoms with Gasteiger partial charge in [-0.3, -0.25) is 4.90 Å². The van der Waals surface area contributed by atoms with Gasteiger partial charge in [-0.1, -0.05) is 19.3 Å². The summed E-state index contributed by atoms with van der Waals surface area (Å²) in [7, 11) is -3.19. The summed E-state index contributed by atoms with van der Waals surface area (Å²) in [6, 6.07) is -0.0293. The van der Waals surface area contributed by atoms with Crippen LogP contribution < -0.4 is 4.72 Å². The number of nitrogens with zero attached hydrogens (tertiary/aromatic N) is 1. The normalized spacial score (nSPS) is 32.1. The van der Waals surface area contributed by atoms with Crippen molar-refractivity contribution >= 4 is 10.0 Å². The number of ether oxygens (including phenoxy) is 1. The Balaban J connectivity index is 1.49. The molecule has 2 saturated heterocycles. The first kappa shape index (κ1) is 17.6. The second-order valence-electron chi connectivity index (χ2n) is 8.01. The van der Waals surface area contributed by atoms with Crippen LogP contribution in [0.1, 0.15) is 65.2 Å². The number of rotatable bonds is 5. The van der Waals surface area contributed by atoms with Gasteiger partial charge in [-0.25, -0.2) is 13.1 Å². The van der Waals surface area contributed by atoms with Gasteiger partial charge in [-0.15, -0.1) is 0 Å². The molecule has 1 N–H and O–H groups in total. The Labute approximate surface area is 141 Å².